The van der Waals surface area contributed by atoms with Gasteiger partial charge >= 0.3 is 11.8 Å². The molecule has 3 N–H and O–H groups in total. The number of aromatic nitrogens is 2. The van der Waals surface area contributed by atoms with Crippen LogP contribution < -0.4 is 11.0 Å². The van der Waals surface area contributed by atoms with Crippen LogP contribution in [-0.4, -0.2) is 74.1 Å². The lowest BCUT2D eigenvalue weighted by atomic mass is 9.89. The molecule has 8 rings (SSSR count). The number of amides is 3. The summed E-state index contributed by atoms with van der Waals surface area (Å²) in [5.41, 5.74) is 5.87. The van der Waals surface area contributed by atoms with Crippen molar-refractivity contribution in [3.63, 3.8) is 0 Å². The second-order valence-corrected chi connectivity index (χ2v) is 15.2. The third kappa shape index (κ3) is 8.42. The number of piperidine rings is 1. The highest BCUT2D eigenvalue weighted by molar-refractivity contribution is 6.06. The van der Waals surface area contributed by atoms with Crippen LogP contribution in [0, 0.1) is 5.92 Å². The quantitative estimate of drug-likeness (QED) is 0.148. The first-order chi connectivity index (χ1) is 27.7. The minimum absolute atomic E-state index is 0.00109. The number of imide groups is 1. The number of imidazole rings is 1. The molecule has 3 aliphatic heterocycles. The van der Waals surface area contributed by atoms with Crippen molar-refractivity contribution in [2.45, 2.75) is 76.5 Å². The fourth-order valence-corrected chi connectivity index (χ4v) is 8.21. The molecule has 4 aromatic carbocycles. The molecule has 0 bridgehead atoms. The Morgan fingerprint density at radius 2 is 1.53 bits per heavy atom. The van der Waals surface area contributed by atoms with Crippen LogP contribution in [0.25, 0.3) is 11.0 Å². The number of fused-ring (bicyclic) bond motifs is 1. The van der Waals surface area contributed by atoms with E-state index in [9.17, 15) is 24.3 Å². The monoisotopic (exact) mass is 773 g/mol. The number of ether oxygens (including phenoxy) is 3. The van der Waals surface area contributed by atoms with E-state index in [4.69, 9.17) is 14.2 Å². The zero-order chi connectivity index (χ0) is 39.5. The average molecular weight is 774 g/mol. The fraction of sp³-hybridized carbons (Fsp3) is 0.364. The zero-order valence-electron chi connectivity index (χ0n) is 31.8. The number of likely N-dealkylation sites (tertiary alicyclic amines) is 2. The van der Waals surface area contributed by atoms with Crippen LogP contribution in [0.5, 0.6) is 0 Å². The van der Waals surface area contributed by atoms with Gasteiger partial charge < -0.3 is 34.5 Å². The summed E-state index contributed by atoms with van der Waals surface area (Å²) in [6, 6.07) is 31.4. The van der Waals surface area contributed by atoms with E-state index in [0.717, 1.165) is 69.7 Å². The van der Waals surface area contributed by atoms with Crippen LogP contribution in [0.2, 0.25) is 0 Å². The van der Waals surface area contributed by atoms with Crippen LogP contribution in [-0.2, 0) is 43.6 Å². The molecule has 1 aromatic heterocycles. The van der Waals surface area contributed by atoms with Gasteiger partial charge in [0.05, 0.1) is 42.8 Å². The molecule has 5 unspecified atom stereocenters. The van der Waals surface area contributed by atoms with Gasteiger partial charge in [0.1, 0.15) is 12.6 Å². The van der Waals surface area contributed by atoms with E-state index in [1.165, 1.54) is 0 Å². The summed E-state index contributed by atoms with van der Waals surface area (Å²) in [6.07, 6.45) is -0.364. The molecule has 3 amide bonds. The van der Waals surface area contributed by atoms with Crippen LogP contribution in [0.3, 0.4) is 0 Å². The van der Waals surface area contributed by atoms with Gasteiger partial charge in [0, 0.05) is 37.2 Å². The lowest BCUT2D eigenvalue weighted by molar-refractivity contribution is -0.276. The maximum absolute atomic E-state index is 13.2. The van der Waals surface area contributed by atoms with Crippen molar-refractivity contribution >= 4 is 28.9 Å². The Bertz CT molecular complexity index is 2250. The van der Waals surface area contributed by atoms with E-state index >= 15 is 0 Å². The number of alkyl carbamates (subject to hydrolysis) is 1. The first-order valence-electron chi connectivity index (χ1n) is 19.6. The molecule has 296 valence electrons. The number of para-hydroxylation sites is 2. The second kappa shape index (κ2) is 16.9. The normalized spacial score (nSPS) is 23.3. The summed E-state index contributed by atoms with van der Waals surface area (Å²) in [7, 11) is 0. The molecule has 3 aliphatic rings. The maximum atomic E-state index is 13.2. The zero-order valence-corrected chi connectivity index (χ0v) is 31.8. The lowest BCUT2D eigenvalue weighted by Crippen LogP contribution is -2.47. The van der Waals surface area contributed by atoms with Gasteiger partial charge in [-0.1, -0.05) is 97.9 Å². The number of carbonyl (C=O) groups is 3. The minimum atomic E-state index is -0.992. The maximum Gasteiger partial charge on any atom is 0.408 e. The van der Waals surface area contributed by atoms with Crippen molar-refractivity contribution in [3.8, 4) is 0 Å². The Labute approximate surface area is 330 Å². The minimum Gasteiger partial charge on any atom is -0.445 e. The molecule has 5 atom stereocenters. The number of hydrogen-bond donors (Lipinski definition) is 3. The van der Waals surface area contributed by atoms with Crippen LogP contribution in [0.15, 0.2) is 108 Å². The molecule has 4 heterocycles. The number of nitrogens with zero attached hydrogens (tertiary/aromatic N) is 3. The Kier molecular flexibility index (Phi) is 11.3. The van der Waals surface area contributed by atoms with E-state index in [1.807, 2.05) is 108 Å². The highest BCUT2D eigenvalue weighted by atomic mass is 16.7. The van der Waals surface area contributed by atoms with Gasteiger partial charge in [0.15, 0.2) is 6.29 Å². The predicted octanol–water partition coefficient (Wildman–Crippen LogP) is 5.50. The summed E-state index contributed by atoms with van der Waals surface area (Å²) in [6.45, 7) is 4.53. The molecule has 13 nitrogen and oxygen atoms in total. The number of nitrogens with one attached hydrogen (secondary N) is 2. The summed E-state index contributed by atoms with van der Waals surface area (Å²) in [5, 5.41) is 12.2. The summed E-state index contributed by atoms with van der Waals surface area (Å²) >= 11 is 0. The van der Waals surface area contributed by atoms with E-state index in [1.54, 1.807) is 0 Å². The Morgan fingerprint density at radius 1 is 0.842 bits per heavy atom. The van der Waals surface area contributed by atoms with Gasteiger partial charge in [-0.25, -0.2) is 9.59 Å². The standard InChI is InChI=1S/C44H47N5O8/c1-28-38(25-47-21-19-34(20-22-47)49-37-10-6-5-9-35(37)45-43(49)53)56-42(57-40(28)32-15-13-30(26-50)14-16-32)33-17-11-29(12-18-33)24-48-39(51)23-36(41(48)52)46-44(54)55-27-31-7-3-2-4-8-31/h2-18,28,34,36,38,40,42,50H,19-27H2,1H3,(H,45,53)(H,46,54). The molecule has 0 saturated carbocycles. The number of aliphatic hydroxyl groups is 1. The van der Waals surface area contributed by atoms with Crippen molar-refractivity contribution < 1.29 is 33.7 Å². The number of aromatic amines is 1. The molecule has 57 heavy (non-hydrogen) atoms. The second-order valence-electron chi connectivity index (χ2n) is 15.2. The van der Waals surface area contributed by atoms with Crippen LogP contribution in [0.4, 0.5) is 4.79 Å². The number of carbonyl (C=O) groups excluding carboxylic acids is 3. The largest absolute Gasteiger partial charge is 0.445 e. The predicted molar refractivity (Wildman–Crippen MR) is 210 cm³/mol. The van der Waals surface area contributed by atoms with E-state index in [-0.39, 0.29) is 61.9 Å². The molecular weight excluding hydrogens is 727 g/mol. The number of rotatable bonds is 11. The topological polar surface area (TPSA) is 155 Å². The van der Waals surface area contributed by atoms with Gasteiger partial charge in [-0.05, 0) is 47.2 Å². The Morgan fingerprint density at radius 3 is 2.26 bits per heavy atom. The molecule has 3 saturated heterocycles. The molecule has 13 heteroatoms. The van der Waals surface area contributed by atoms with Gasteiger partial charge in [-0.15, -0.1) is 0 Å². The number of H-pyrrole nitrogens is 1. The first kappa shape index (κ1) is 38.3. The van der Waals surface area contributed by atoms with E-state index in [2.05, 4.69) is 22.1 Å². The van der Waals surface area contributed by atoms with Crippen molar-refractivity contribution in [3.05, 3.63) is 141 Å². The van der Waals surface area contributed by atoms with Gasteiger partial charge in [0.25, 0.3) is 5.91 Å². The number of benzene rings is 4. The summed E-state index contributed by atoms with van der Waals surface area (Å²) < 4.78 is 20.6. The Balaban J connectivity index is 0.921. The average Bonchev–Trinajstić information content (AvgIpc) is 3.71. The fourth-order valence-electron chi connectivity index (χ4n) is 8.21. The number of hydrogen-bond acceptors (Lipinski definition) is 9. The van der Waals surface area contributed by atoms with Crippen LogP contribution >= 0.6 is 0 Å². The number of aliphatic hydroxyl groups excluding tert-OH is 1. The summed E-state index contributed by atoms with van der Waals surface area (Å²) in [5.74, 6) is -0.858. The Hall–Kier alpha value is -5.60. The van der Waals surface area contributed by atoms with Gasteiger partial charge in [0.2, 0.25) is 5.91 Å². The third-order valence-electron chi connectivity index (χ3n) is 11.4. The van der Waals surface area contributed by atoms with E-state index < -0.39 is 24.3 Å². The molecule has 0 radical (unpaired) electrons. The molecule has 0 spiro atoms. The lowest BCUT2D eigenvalue weighted by Gasteiger charge is -2.44. The van der Waals surface area contributed by atoms with Crippen molar-refractivity contribution in [2.75, 3.05) is 19.6 Å². The van der Waals surface area contributed by atoms with Gasteiger partial charge in [-0.2, -0.15) is 0 Å². The highest BCUT2D eigenvalue weighted by Gasteiger charge is 2.41. The van der Waals surface area contributed by atoms with Crippen LogP contribution in [0.1, 0.15) is 72.4 Å². The molecule has 3 fully saturated rings. The first-order valence-corrected chi connectivity index (χ1v) is 19.6. The molecule has 5 aromatic rings. The van der Waals surface area contributed by atoms with Crippen molar-refractivity contribution in [1.82, 2.24) is 24.7 Å². The van der Waals surface area contributed by atoms with Crippen molar-refractivity contribution in [2.24, 2.45) is 5.92 Å². The molecular formula is C44H47N5O8. The van der Waals surface area contributed by atoms with E-state index in [0.29, 0.717) is 6.54 Å². The molecule has 0 aliphatic carbocycles. The van der Waals surface area contributed by atoms with Gasteiger partial charge in [-0.3, -0.25) is 19.1 Å². The summed E-state index contributed by atoms with van der Waals surface area (Å²) in [4.78, 5) is 58.0. The van der Waals surface area contributed by atoms with Crippen molar-refractivity contribution in [1.29, 1.82) is 0 Å². The SMILES string of the molecule is CC1C(CN2CCC(n3c(=O)[nH]c4ccccc43)CC2)OC(c2ccc(CN3C(=O)CC(NC(=O)OCc4ccccc4)C3=O)cc2)OC1c1ccc(CO)cc1. The highest BCUT2D eigenvalue weighted by Crippen LogP contribution is 2.42. The third-order valence-corrected chi connectivity index (χ3v) is 11.4. The smallest absolute Gasteiger partial charge is 0.408 e.